The van der Waals surface area contributed by atoms with E-state index in [1.165, 1.54) is 0 Å². The van der Waals surface area contributed by atoms with Gasteiger partial charge in [-0.15, -0.1) is 0 Å². The first-order chi connectivity index (χ1) is 9.02. The highest BCUT2D eigenvalue weighted by Crippen LogP contribution is 2.24. The van der Waals surface area contributed by atoms with Crippen LogP contribution < -0.4 is 4.74 Å². The lowest BCUT2D eigenvalue weighted by atomic mass is 9.97. The molecule has 0 radical (unpaired) electrons. The molecular formula is C16H15IO2. The minimum Gasteiger partial charge on any atom is -0.496 e. The zero-order valence-corrected chi connectivity index (χ0v) is 13.3. The maximum absolute atomic E-state index is 12.5. The lowest BCUT2D eigenvalue weighted by Gasteiger charge is -2.10. The molecule has 0 spiro atoms. The van der Waals surface area contributed by atoms with Gasteiger partial charge in [0, 0.05) is 14.7 Å². The molecule has 0 aromatic heterocycles. The molecule has 0 fully saturated rings. The van der Waals surface area contributed by atoms with Crippen LogP contribution in [0.3, 0.4) is 0 Å². The largest absolute Gasteiger partial charge is 0.496 e. The van der Waals surface area contributed by atoms with Crippen LogP contribution in [0.25, 0.3) is 0 Å². The van der Waals surface area contributed by atoms with Crippen molar-refractivity contribution in [3.8, 4) is 5.75 Å². The summed E-state index contributed by atoms with van der Waals surface area (Å²) in [6.07, 6.45) is 0. The van der Waals surface area contributed by atoms with Gasteiger partial charge in [-0.3, -0.25) is 4.79 Å². The number of hydrogen-bond acceptors (Lipinski definition) is 2. The van der Waals surface area contributed by atoms with Crippen LogP contribution in [-0.4, -0.2) is 12.9 Å². The van der Waals surface area contributed by atoms with E-state index in [0.29, 0.717) is 5.56 Å². The van der Waals surface area contributed by atoms with Crippen molar-refractivity contribution in [3.63, 3.8) is 0 Å². The number of ketones is 1. The van der Waals surface area contributed by atoms with Gasteiger partial charge >= 0.3 is 0 Å². The molecule has 0 aliphatic carbocycles. The molecule has 0 aliphatic heterocycles. The third kappa shape index (κ3) is 2.97. The summed E-state index contributed by atoms with van der Waals surface area (Å²) in [6, 6.07) is 11.4. The average Bonchev–Trinajstić information content (AvgIpc) is 2.41. The van der Waals surface area contributed by atoms with Gasteiger partial charge in [-0.05, 0) is 84.0 Å². The zero-order chi connectivity index (χ0) is 14.0. The van der Waals surface area contributed by atoms with E-state index in [-0.39, 0.29) is 5.78 Å². The van der Waals surface area contributed by atoms with Crippen molar-refractivity contribution in [1.29, 1.82) is 0 Å². The second-order valence-electron chi connectivity index (χ2n) is 4.47. The molecule has 2 rings (SSSR count). The number of halogens is 1. The summed E-state index contributed by atoms with van der Waals surface area (Å²) >= 11 is 2.23. The van der Waals surface area contributed by atoms with E-state index in [1.807, 2.05) is 50.2 Å². The van der Waals surface area contributed by atoms with E-state index in [1.54, 1.807) is 7.11 Å². The summed E-state index contributed by atoms with van der Waals surface area (Å²) in [4.78, 5) is 12.5. The molecule has 0 atom stereocenters. The first-order valence-corrected chi connectivity index (χ1v) is 7.06. The predicted molar refractivity (Wildman–Crippen MR) is 85.1 cm³/mol. The van der Waals surface area contributed by atoms with Gasteiger partial charge in [0.2, 0.25) is 0 Å². The van der Waals surface area contributed by atoms with Crippen LogP contribution in [0.1, 0.15) is 27.0 Å². The lowest BCUT2D eigenvalue weighted by Crippen LogP contribution is -2.05. The fourth-order valence-corrected chi connectivity index (χ4v) is 2.37. The quantitative estimate of drug-likeness (QED) is 0.603. The summed E-state index contributed by atoms with van der Waals surface area (Å²) in [5.41, 5.74) is 3.36. The van der Waals surface area contributed by atoms with Crippen molar-refractivity contribution in [2.75, 3.05) is 7.11 Å². The summed E-state index contributed by atoms with van der Waals surface area (Å²) in [5.74, 6) is 0.872. The Morgan fingerprint density at radius 3 is 2.26 bits per heavy atom. The molecular weight excluding hydrogens is 351 g/mol. The van der Waals surface area contributed by atoms with Crippen LogP contribution in [0.4, 0.5) is 0 Å². The molecule has 0 bridgehead atoms. The number of carbonyl (C=O) groups excluding carboxylic acids is 1. The van der Waals surface area contributed by atoms with E-state index in [2.05, 4.69) is 22.6 Å². The molecule has 0 heterocycles. The fraction of sp³-hybridized carbons (Fsp3) is 0.188. The molecule has 3 heteroatoms. The maximum Gasteiger partial charge on any atom is 0.193 e. The van der Waals surface area contributed by atoms with Crippen molar-refractivity contribution in [2.24, 2.45) is 0 Å². The highest BCUT2D eigenvalue weighted by molar-refractivity contribution is 14.1. The Hall–Kier alpha value is -1.36. The van der Waals surface area contributed by atoms with Gasteiger partial charge in [0.15, 0.2) is 5.78 Å². The minimum atomic E-state index is 0.0552. The second-order valence-corrected chi connectivity index (χ2v) is 5.72. The number of aryl methyl sites for hydroxylation is 2. The summed E-state index contributed by atoms with van der Waals surface area (Å²) in [7, 11) is 1.64. The monoisotopic (exact) mass is 366 g/mol. The minimum absolute atomic E-state index is 0.0552. The fourth-order valence-electron chi connectivity index (χ4n) is 2.01. The maximum atomic E-state index is 12.5. The molecule has 0 amide bonds. The van der Waals surface area contributed by atoms with Crippen molar-refractivity contribution in [2.45, 2.75) is 13.8 Å². The van der Waals surface area contributed by atoms with Gasteiger partial charge in [-0.1, -0.05) is 0 Å². The van der Waals surface area contributed by atoms with Gasteiger partial charge in [-0.25, -0.2) is 0 Å². The van der Waals surface area contributed by atoms with E-state index < -0.39 is 0 Å². The topological polar surface area (TPSA) is 26.3 Å². The van der Waals surface area contributed by atoms with Gasteiger partial charge in [0.1, 0.15) is 5.75 Å². The summed E-state index contributed by atoms with van der Waals surface area (Å²) < 4.78 is 6.39. The van der Waals surface area contributed by atoms with Crippen molar-refractivity contribution >= 4 is 28.4 Å². The summed E-state index contributed by atoms with van der Waals surface area (Å²) in [5, 5.41) is 0. The SMILES string of the molecule is COc1cc(C)c(C(=O)c2ccc(I)cc2)cc1C. The van der Waals surface area contributed by atoms with Crippen LogP contribution in [0.2, 0.25) is 0 Å². The molecule has 0 saturated carbocycles. The molecule has 2 nitrogen and oxygen atoms in total. The Bertz CT molecular complexity index is 615. The molecule has 0 aliphatic rings. The smallest absolute Gasteiger partial charge is 0.193 e. The third-order valence-electron chi connectivity index (χ3n) is 3.09. The highest BCUT2D eigenvalue weighted by Gasteiger charge is 2.14. The first-order valence-electron chi connectivity index (χ1n) is 5.98. The first kappa shape index (κ1) is 14.1. The molecule has 0 unspecified atom stereocenters. The van der Waals surface area contributed by atoms with Gasteiger partial charge in [0.05, 0.1) is 7.11 Å². The van der Waals surface area contributed by atoms with Gasteiger partial charge < -0.3 is 4.74 Å². The average molecular weight is 366 g/mol. The molecule has 19 heavy (non-hydrogen) atoms. The van der Waals surface area contributed by atoms with Crippen molar-refractivity contribution in [1.82, 2.24) is 0 Å². The number of rotatable bonds is 3. The lowest BCUT2D eigenvalue weighted by molar-refractivity contribution is 0.103. The zero-order valence-electron chi connectivity index (χ0n) is 11.2. The second kappa shape index (κ2) is 5.74. The van der Waals surface area contributed by atoms with Crippen LogP contribution in [0.5, 0.6) is 5.75 Å². The van der Waals surface area contributed by atoms with E-state index in [4.69, 9.17) is 4.74 Å². The van der Waals surface area contributed by atoms with Crippen LogP contribution >= 0.6 is 22.6 Å². The standard InChI is InChI=1S/C16H15IO2/c1-10-9-15(19-3)11(2)8-14(10)16(18)12-4-6-13(17)7-5-12/h4-9H,1-3H3. The molecule has 2 aromatic carbocycles. The van der Waals surface area contributed by atoms with E-state index >= 15 is 0 Å². The van der Waals surface area contributed by atoms with E-state index in [0.717, 1.165) is 26.0 Å². The molecule has 0 saturated heterocycles. The number of carbonyl (C=O) groups is 1. The van der Waals surface area contributed by atoms with Gasteiger partial charge in [0.25, 0.3) is 0 Å². The van der Waals surface area contributed by atoms with Crippen LogP contribution in [0, 0.1) is 17.4 Å². The molecule has 98 valence electrons. The Kier molecular flexibility index (Phi) is 4.24. The highest BCUT2D eigenvalue weighted by atomic mass is 127. The Balaban J connectivity index is 2.44. The number of hydrogen-bond donors (Lipinski definition) is 0. The predicted octanol–water partition coefficient (Wildman–Crippen LogP) is 4.15. The number of methoxy groups -OCH3 is 1. The Labute approximate surface area is 126 Å². The number of benzene rings is 2. The number of ether oxygens (including phenoxy) is 1. The summed E-state index contributed by atoms with van der Waals surface area (Å²) in [6.45, 7) is 3.88. The van der Waals surface area contributed by atoms with Gasteiger partial charge in [-0.2, -0.15) is 0 Å². The normalized spacial score (nSPS) is 10.3. The third-order valence-corrected chi connectivity index (χ3v) is 3.81. The molecule has 2 aromatic rings. The van der Waals surface area contributed by atoms with Crippen LogP contribution in [-0.2, 0) is 0 Å². The van der Waals surface area contributed by atoms with Crippen LogP contribution in [0.15, 0.2) is 36.4 Å². The molecule has 0 N–H and O–H groups in total. The Morgan fingerprint density at radius 2 is 1.68 bits per heavy atom. The Morgan fingerprint density at radius 1 is 1.05 bits per heavy atom. The van der Waals surface area contributed by atoms with Crippen molar-refractivity contribution in [3.05, 3.63) is 62.2 Å². The van der Waals surface area contributed by atoms with E-state index in [9.17, 15) is 4.79 Å². The van der Waals surface area contributed by atoms with Crippen molar-refractivity contribution < 1.29 is 9.53 Å².